The number of fused-ring (bicyclic) bond motifs is 1. The molecule has 0 radical (unpaired) electrons. The smallest absolute Gasteiger partial charge is 0.381 e. The van der Waals surface area contributed by atoms with Gasteiger partial charge in [0.1, 0.15) is 0 Å². The first-order chi connectivity index (χ1) is 13.7. The largest absolute Gasteiger partial charge is 0.416 e. The van der Waals surface area contributed by atoms with E-state index in [0.717, 1.165) is 56.7 Å². The van der Waals surface area contributed by atoms with Gasteiger partial charge in [-0.2, -0.15) is 13.2 Å². The molecule has 2 nitrogen and oxygen atoms in total. The maximum atomic E-state index is 12.9. The van der Waals surface area contributed by atoms with Crippen molar-refractivity contribution >= 4 is 0 Å². The molecule has 156 valence electrons. The molecular formula is C24H28F3NO. The van der Waals surface area contributed by atoms with Crippen LogP contribution in [0.3, 0.4) is 0 Å². The van der Waals surface area contributed by atoms with Crippen LogP contribution in [0.5, 0.6) is 0 Å². The second kappa shape index (κ2) is 7.77. The van der Waals surface area contributed by atoms with Gasteiger partial charge in [-0.15, -0.1) is 0 Å². The first kappa shape index (κ1) is 20.4. The Morgan fingerprint density at radius 3 is 2.28 bits per heavy atom. The number of alkyl halides is 3. The third-order valence-electron chi connectivity index (χ3n) is 6.48. The summed E-state index contributed by atoms with van der Waals surface area (Å²) in [6, 6.07) is 12.4. The van der Waals surface area contributed by atoms with E-state index in [1.165, 1.54) is 23.3 Å². The van der Waals surface area contributed by atoms with Crippen LogP contribution in [0.15, 0.2) is 42.5 Å². The van der Waals surface area contributed by atoms with Crippen molar-refractivity contribution in [3.8, 4) is 11.1 Å². The van der Waals surface area contributed by atoms with E-state index < -0.39 is 11.7 Å². The van der Waals surface area contributed by atoms with Crippen LogP contribution < -0.4 is 0 Å². The van der Waals surface area contributed by atoms with Gasteiger partial charge in [0.2, 0.25) is 0 Å². The minimum absolute atomic E-state index is 0.0773. The highest BCUT2D eigenvalue weighted by Gasteiger charge is 2.32. The lowest BCUT2D eigenvalue weighted by molar-refractivity contribution is -0.137. The zero-order chi connectivity index (χ0) is 20.6. The predicted molar refractivity (Wildman–Crippen MR) is 109 cm³/mol. The van der Waals surface area contributed by atoms with Crippen LogP contribution in [0.4, 0.5) is 13.2 Å². The van der Waals surface area contributed by atoms with Crippen molar-refractivity contribution in [2.75, 3.05) is 19.8 Å². The van der Waals surface area contributed by atoms with Gasteiger partial charge in [-0.05, 0) is 71.7 Å². The van der Waals surface area contributed by atoms with Crippen molar-refractivity contribution in [2.24, 2.45) is 0 Å². The minimum atomic E-state index is -4.31. The molecule has 1 fully saturated rings. The van der Waals surface area contributed by atoms with Crippen LogP contribution in [0.25, 0.3) is 11.1 Å². The summed E-state index contributed by atoms with van der Waals surface area (Å²) in [6.07, 6.45) is -1.08. The highest BCUT2D eigenvalue weighted by Crippen LogP contribution is 2.38. The van der Waals surface area contributed by atoms with E-state index >= 15 is 0 Å². The van der Waals surface area contributed by atoms with Crippen LogP contribution in [-0.4, -0.2) is 30.7 Å². The molecule has 2 aromatic rings. The maximum Gasteiger partial charge on any atom is 0.416 e. The van der Waals surface area contributed by atoms with Crippen LogP contribution in [-0.2, 0) is 22.9 Å². The average Bonchev–Trinajstić information content (AvgIpc) is 2.84. The van der Waals surface area contributed by atoms with Gasteiger partial charge in [0.05, 0.1) is 5.56 Å². The Morgan fingerprint density at radius 1 is 0.966 bits per heavy atom. The Kier molecular flexibility index (Phi) is 5.47. The number of ether oxygens (including phenoxy) is 1. The molecule has 2 aliphatic rings. The van der Waals surface area contributed by atoms with E-state index in [1.54, 1.807) is 12.1 Å². The summed E-state index contributed by atoms with van der Waals surface area (Å²) >= 11 is 0. The van der Waals surface area contributed by atoms with Gasteiger partial charge < -0.3 is 4.74 Å². The molecule has 0 N–H and O–H groups in total. The fourth-order valence-corrected chi connectivity index (χ4v) is 4.63. The molecule has 0 bridgehead atoms. The van der Waals surface area contributed by atoms with Gasteiger partial charge in [0.15, 0.2) is 0 Å². The number of benzene rings is 2. The molecule has 1 saturated heterocycles. The summed E-state index contributed by atoms with van der Waals surface area (Å²) < 4.78 is 44.2. The molecule has 0 atom stereocenters. The first-order valence-corrected chi connectivity index (χ1v) is 10.4. The van der Waals surface area contributed by atoms with E-state index in [2.05, 4.69) is 30.9 Å². The minimum Gasteiger partial charge on any atom is -0.381 e. The third-order valence-corrected chi connectivity index (χ3v) is 6.48. The number of rotatable bonds is 2. The first-order valence-electron chi connectivity index (χ1n) is 10.4. The Morgan fingerprint density at radius 2 is 1.62 bits per heavy atom. The van der Waals surface area contributed by atoms with E-state index in [4.69, 9.17) is 4.74 Å². The third kappa shape index (κ3) is 4.36. The molecule has 0 aliphatic carbocycles. The lowest BCUT2D eigenvalue weighted by atomic mass is 9.79. The Hall–Kier alpha value is -1.85. The van der Waals surface area contributed by atoms with Crippen molar-refractivity contribution in [1.82, 2.24) is 4.90 Å². The lowest BCUT2D eigenvalue weighted by Gasteiger charge is -2.34. The molecule has 2 aromatic carbocycles. The highest BCUT2D eigenvalue weighted by molar-refractivity contribution is 5.66. The summed E-state index contributed by atoms with van der Waals surface area (Å²) in [7, 11) is 0. The van der Waals surface area contributed by atoms with E-state index in [9.17, 15) is 13.2 Å². The Labute approximate surface area is 170 Å². The topological polar surface area (TPSA) is 12.5 Å². The highest BCUT2D eigenvalue weighted by atomic mass is 19.4. The molecule has 0 saturated carbocycles. The Bertz CT molecular complexity index is 851. The second-order valence-corrected chi connectivity index (χ2v) is 8.89. The van der Waals surface area contributed by atoms with Crippen molar-refractivity contribution < 1.29 is 17.9 Å². The van der Waals surface area contributed by atoms with Crippen molar-refractivity contribution in [1.29, 1.82) is 0 Å². The molecular weight excluding hydrogens is 375 g/mol. The van der Waals surface area contributed by atoms with Gasteiger partial charge in [0, 0.05) is 25.8 Å². The number of hydrogen-bond donors (Lipinski definition) is 0. The van der Waals surface area contributed by atoms with Crippen LogP contribution in [0, 0.1) is 0 Å². The van der Waals surface area contributed by atoms with Crippen molar-refractivity contribution in [3.63, 3.8) is 0 Å². The predicted octanol–water partition coefficient (Wildman–Crippen LogP) is 6.03. The second-order valence-electron chi connectivity index (χ2n) is 8.89. The molecule has 2 aliphatic heterocycles. The summed E-state index contributed by atoms with van der Waals surface area (Å²) in [4.78, 5) is 2.58. The molecule has 2 heterocycles. The van der Waals surface area contributed by atoms with Crippen molar-refractivity contribution in [2.45, 2.75) is 57.3 Å². The van der Waals surface area contributed by atoms with E-state index in [0.29, 0.717) is 6.04 Å². The average molecular weight is 403 g/mol. The zero-order valence-corrected chi connectivity index (χ0v) is 17.1. The van der Waals surface area contributed by atoms with Crippen LogP contribution in [0.1, 0.15) is 49.8 Å². The normalized spacial score (nSPS) is 20.9. The molecule has 0 amide bonds. The molecule has 0 aromatic heterocycles. The summed E-state index contributed by atoms with van der Waals surface area (Å²) in [5.74, 6) is 0. The van der Waals surface area contributed by atoms with Crippen LogP contribution in [0.2, 0.25) is 0 Å². The van der Waals surface area contributed by atoms with Crippen molar-refractivity contribution in [3.05, 3.63) is 59.2 Å². The number of nitrogens with zero attached hydrogens (tertiary/aromatic N) is 1. The standard InChI is InChI=1S/C24H28F3NO/c1-23(2)11-12-28(21-9-13-29-14-10-21)16-19-15-18(5-8-22(19)23)17-3-6-20(7-4-17)24(25,26)27/h3-8,15,21H,9-14,16H2,1-2H3. The molecule has 0 spiro atoms. The molecule has 5 heteroatoms. The fraction of sp³-hybridized carbons (Fsp3) is 0.500. The van der Waals surface area contributed by atoms with Gasteiger partial charge in [-0.25, -0.2) is 0 Å². The van der Waals surface area contributed by atoms with Gasteiger partial charge in [-0.1, -0.05) is 38.1 Å². The monoisotopic (exact) mass is 403 g/mol. The quantitative estimate of drug-likeness (QED) is 0.607. The van der Waals surface area contributed by atoms with Gasteiger partial charge in [-0.3, -0.25) is 4.90 Å². The molecule has 29 heavy (non-hydrogen) atoms. The lowest BCUT2D eigenvalue weighted by Crippen LogP contribution is -2.39. The molecule has 4 rings (SSSR count). The summed E-state index contributed by atoms with van der Waals surface area (Å²) in [5.41, 5.74) is 3.90. The number of hydrogen-bond acceptors (Lipinski definition) is 2. The SMILES string of the molecule is CC1(C)CCN(C2CCOCC2)Cc2cc(-c3ccc(C(F)(F)F)cc3)ccc21. The number of halogens is 3. The zero-order valence-electron chi connectivity index (χ0n) is 17.1. The maximum absolute atomic E-state index is 12.9. The van der Waals surface area contributed by atoms with Crippen LogP contribution >= 0.6 is 0 Å². The molecule has 0 unspecified atom stereocenters. The Balaban J connectivity index is 1.65. The van der Waals surface area contributed by atoms with Gasteiger partial charge in [0.25, 0.3) is 0 Å². The van der Waals surface area contributed by atoms with Gasteiger partial charge >= 0.3 is 6.18 Å². The van der Waals surface area contributed by atoms with E-state index in [-0.39, 0.29) is 5.41 Å². The summed E-state index contributed by atoms with van der Waals surface area (Å²) in [6.45, 7) is 8.17. The fourth-order valence-electron chi connectivity index (χ4n) is 4.63. The summed E-state index contributed by atoms with van der Waals surface area (Å²) in [5, 5.41) is 0. The van der Waals surface area contributed by atoms with E-state index in [1.807, 2.05) is 6.07 Å².